The van der Waals surface area contributed by atoms with Crippen LogP contribution in [-0.4, -0.2) is 5.91 Å². The van der Waals surface area contributed by atoms with Crippen LogP contribution in [0.3, 0.4) is 0 Å². The topological polar surface area (TPSA) is 29.1 Å². The maximum Gasteiger partial charge on any atom is 0.248 e. The molecule has 0 saturated heterocycles. The van der Waals surface area contributed by atoms with Gasteiger partial charge < -0.3 is 5.32 Å². The fourth-order valence-electron chi connectivity index (χ4n) is 1.72. The van der Waals surface area contributed by atoms with E-state index >= 15 is 0 Å². The third-order valence-corrected chi connectivity index (χ3v) is 3.40. The van der Waals surface area contributed by atoms with Crippen LogP contribution in [0.4, 0.5) is 5.69 Å². The van der Waals surface area contributed by atoms with Gasteiger partial charge >= 0.3 is 0 Å². The molecule has 0 fully saturated rings. The van der Waals surface area contributed by atoms with E-state index in [4.69, 9.17) is 0 Å². The van der Waals surface area contributed by atoms with E-state index in [0.29, 0.717) is 0 Å². The fraction of sp³-hybridized carbons (Fsp3) is 0.133. The number of carbonyl (C=O) groups excluding carboxylic acids is 1. The van der Waals surface area contributed by atoms with Crippen LogP contribution in [0.15, 0.2) is 41.1 Å². The van der Waals surface area contributed by atoms with Crippen molar-refractivity contribution < 1.29 is 4.79 Å². The second-order valence-corrected chi connectivity index (χ2v) is 4.93. The van der Waals surface area contributed by atoms with Crippen molar-refractivity contribution in [2.24, 2.45) is 0 Å². The van der Waals surface area contributed by atoms with E-state index < -0.39 is 0 Å². The largest absolute Gasteiger partial charge is 0.322 e. The molecule has 1 aromatic carbocycles. The summed E-state index contributed by atoms with van der Waals surface area (Å²) in [6.45, 7) is 3.98. The minimum absolute atomic E-state index is 0.0985. The van der Waals surface area contributed by atoms with Gasteiger partial charge in [0.2, 0.25) is 5.91 Å². The molecule has 2 nitrogen and oxygen atoms in total. The first-order valence-corrected chi connectivity index (χ1v) is 6.68. The van der Waals surface area contributed by atoms with E-state index in [-0.39, 0.29) is 5.91 Å². The number of para-hydroxylation sites is 1. The molecule has 1 heterocycles. The molecule has 2 rings (SSSR count). The number of aryl methyl sites for hydroxylation is 2. The van der Waals surface area contributed by atoms with Crippen molar-refractivity contribution in [3.05, 3.63) is 57.8 Å². The Bertz CT molecular complexity index is 550. The summed E-state index contributed by atoms with van der Waals surface area (Å²) in [7, 11) is 0. The summed E-state index contributed by atoms with van der Waals surface area (Å²) in [4.78, 5) is 11.8. The summed E-state index contributed by atoms with van der Waals surface area (Å²) in [5, 5.41) is 6.91. The predicted molar refractivity (Wildman–Crippen MR) is 77.9 cm³/mol. The minimum Gasteiger partial charge on any atom is -0.322 e. The van der Waals surface area contributed by atoms with Crippen LogP contribution in [0.25, 0.3) is 6.08 Å². The average Bonchev–Trinajstić information content (AvgIpc) is 2.84. The van der Waals surface area contributed by atoms with Gasteiger partial charge in [-0.05, 0) is 53.4 Å². The Kier molecular flexibility index (Phi) is 3.95. The van der Waals surface area contributed by atoms with Crippen LogP contribution >= 0.6 is 11.3 Å². The highest BCUT2D eigenvalue weighted by atomic mass is 32.1. The number of anilines is 1. The first kappa shape index (κ1) is 12.6. The Morgan fingerprint density at radius 3 is 2.56 bits per heavy atom. The molecule has 0 spiro atoms. The van der Waals surface area contributed by atoms with E-state index in [1.165, 1.54) is 0 Å². The number of benzene rings is 1. The van der Waals surface area contributed by atoms with Gasteiger partial charge in [-0.1, -0.05) is 18.2 Å². The van der Waals surface area contributed by atoms with Gasteiger partial charge in [-0.3, -0.25) is 4.79 Å². The lowest BCUT2D eigenvalue weighted by molar-refractivity contribution is -0.111. The molecule has 0 atom stereocenters. The average molecular weight is 257 g/mol. The van der Waals surface area contributed by atoms with Crippen LogP contribution < -0.4 is 5.32 Å². The van der Waals surface area contributed by atoms with Crippen molar-refractivity contribution in [1.82, 2.24) is 0 Å². The van der Waals surface area contributed by atoms with Crippen LogP contribution in [-0.2, 0) is 4.79 Å². The molecule has 18 heavy (non-hydrogen) atoms. The van der Waals surface area contributed by atoms with Gasteiger partial charge in [-0.15, -0.1) is 0 Å². The summed E-state index contributed by atoms with van der Waals surface area (Å²) in [5.74, 6) is -0.0985. The quantitative estimate of drug-likeness (QED) is 0.827. The number of carbonyl (C=O) groups is 1. The van der Waals surface area contributed by atoms with Gasteiger partial charge in [-0.25, -0.2) is 0 Å². The SMILES string of the molecule is Cc1cccc(C)c1NC(=O)/C=C/c1ccsc1. The lowest BCUT2D eigenvalue weighted by atomic mass is 10.1. The van der Waals surface area contributed by atoms with Gasteiger partial charge in [0.25, 0.3) is 0 Å². The molecule has 0 radical (unpaired) electrons. The highest BCUT2D eigenvalue weighted by Crippen LogP contribution is 2.19. The minimum atomic E-state index is -0.0985. The fourth-order valence-corrected chi connectivity index (χ4v) is 2.35. The third kappa shape index (κ3) is 3.08. The highest BCUT2D eigenvalue weighted by molar-refractivity contribution is 7.08. The number of hydrogen-bond donors (Lipinski definition) is 1. The highest BCUT2D eigenvalue weighted by Gasteiger charge is 2.04. The van der Waals surface area contributed by atoms with Crippen LogP contribution in [0.2, 0.25) is 0 Å². The predicted octanol–water partition coefficient (Wildman–Crippen LogP) is 4.02. The summed E-state index contributed by atoms with van der Waals surface area (Å²) >= 11 is 1.62. The molecule has 3 heteroatoms. The Balaban J connectivity index is 2.08. The van der Waals surface area contributed by atoms with Gasteiger partial charge in [0.15, 0.2) is 0 Å². The molecule has 1 aromatic heterocycles. The number of nitrogens with one attached hydrogen (secondary N) is 1. The van der Waals surface area contributed by atoms with Crippen molar-refractivity contribution >= 4 is 29.0 Å². The zero-order valence-corrected chi connectivity index (χ0v) is 11.3. The van der Waals surface area contributed by atoms with Crippen molar-refractivity contribution in [3.8, 4) is 0 Å². The molecule has 92 valence electrons. The molecule has 1 amide bonds. The Labute approximate surface area is 111 Å². The Hall–Kier alpha value is -1.87. The zero-order valence-electron chi connectivity index (χ0n) is 10.4. The van der Waals surface area contributed by atoms with Gasteiger partial charge in [0, 0.05) is 11.8 Å². The Morgan fingerprint density at radius 2 is 1.94 bits per heavy atom. The van der Waals surface area contributed by atoms with Crippen LogP contribution in [0.5, 0.6) is 0 Å². The molecule has 2 aromatic rings. The van der Waals surface area contributed by atoms with E-state index in [1.807, 2.05) is 54.9 Å². The molecule has 0 aliphatic rings. The molecule has 0 aliphatic heterocycles. The maximum absolute atomic E-state index is 11.8. The van der Waals surface area contributed by atoms with E-state index in [2.05, 4.69) is 5.32 Å². The molecule has 0 bridgehead atoms. The first-order chi connectivity index (χ1) is 8.66. The third-order valence-electron chi connectivity index (χ3n) is 2.70. The zero-order chi connectivity index (χ0) is 13.0. The van der Waals surface area contributed by atoms with Crippen molar-refractivity contribution in [1.29, 1.82) is 0 Å². The van der Waals surface area contributed by atoms with Gasteiger partial charge in [-0.2, -0.15) is 11.3 Å². The lowest BCUT2D eigenvalue weighted by Crippen LogP contribution is -2.10. The molecule has 0 saturated carbocycles. The normalized spacial score (nSPS) is 10.8. The number of thiophene rings is 1. The summed E-state index contributed by atoms with van der Waals surface area (Å²) in [6, 6.07) is 7.95. The molecular weight excluding hydrogens is 242 g/mol. The number of amides is 1. The molecule has 0 aliphatic carbocycles. The van der Waals surface area contributed by atoms with Crippen LogP contribution in [0, 0.1) is 13.8 Å². The van der Waals surface area contributed by atoms with E-state index in [0.717, 1.165) is 22.4 Å². The number of rotatable bonds is 3. The molecular formula is C15H15NOS. The number of hydrogen-bond acceptors (Lipinski definition) is 2. The monoisotopic (exact) mass is 257 g/mol. The smallest absolute Gasteiger partial charge is 0.248 e. The second kappa shape index (κ2) is 5.65. The Morgan fingerprint density at radius 1 is 1.22 bits per heavy atom. The van der Waals surface area contributed by atoms with Crippen molar-refractivity contribution in [3.63, 3.8) is 0 Å². The summed E-state index contributed by atoms with van der Waals surface area (Å²) in [6.07, 6.45) is 3.38. The first-order valence-electron chi connectivity index (χ1n) is 5.74. The maximum atomic E-state index is 11.8. The summed E-state index contributed by atoms with van der Waals surface area (Å²) in [5.41, 5.74) is 4.11. The van der Waals surface area contributed by atoms with Crippen molar-refractivity contribution in [2.45, 2.75) is 13.8 Å². The molecule has 0 unspecified atom stereocenters. The second-order valence-electron chi connectivity index (χ2n) is 4.15. The van der Waals surface area contributed by atoms with Gasteiger partial charge in [0.1, 0.15) is 0 Å². The van der Waals surface area contributed by atoms with Gasteiger partial charge in [0.05, 0.1) is 0 Å². The lowest BCUT2D eigenvalue weighted by Gasteiger charge is -2.09. The van der Waals surface area contributed by atoms with Crippen LogP contribution in [0.1, 0.15) is 16.7 Å². The molecule has 1 N–H and O–H groups in total. The van der Waals surface area contributed by atoms with E-state index in [1.54, 1.807) is 17.4 Å². The van der Waals surface area contributed by atoms with Crippen molar-refractivity contribution in [2.75, 3.05) is 5.32 Å². The van der Waals surface area contributed by atoms with E-state index in [9.17, 15) is 4.79 Å². The standard InChI is InChI=1S/C15H15NOS/c1-11-4-3-5-12(2)15(11)16-14(17)7-6-13-8-9-18-10-13/h3-10H,1-2H3,(H,16,17)/b7-6+. The summed E-state index contributed by atoms with van der Waals surface area (Å²) < 4.78 is 0.